The first kappa shape index (κ1) is 18.7. The van der Waals surface area contributed by atoms with Crippen LogP contribution in [0.15, 0.2) is 94.6 Å². The lowest BCUT2D eigenvalue weighted by atomic mass is 10.0. The number of benzene rings is 3. The Bertz CT molecular complexity index is 1430. The van der Waals surface area contributed by atoms with E-state index in [2.05, 4.69) is 10.5 Å². The summed E-state index contributed by atoms with van der Waals surface area (Å²) in [5, 5.41) is 7.05. The Hall–Kier alpha value is -4.32. The fourth-order valence-electron chi connectivity index (χ4n) is 3.48. The van der Waals surface area contributed by atoms with E-state index in [1.54, 1.807) is 30.5 Å². The van der Waals surface area contributed by atoms with E-state index in [4.69, 9.17) is 9.40 Å². The molecule has 0 unspecified atom stereocenters. The maximum Gasteiger partial charge on any atom is 0.307 e. The first-order valence-electron chi connectivity index (χ1n) is 9.64. The molecule has 1 amide bonds. The topological polar surface area (TPSA) is 67.5 Å². The average Bonchev–Trinajstić information content (AvgIpc) is 3.34. The molecule has 0 bridgehead atoms. The van der Waals surface area contributed by atoms with Crippen molar-refractivity contribution >= 4 is 33.8 Å². The second-order valence-electron chi connectivity index (χ2n) is 6.96. The molecule has 0 atom stereocenters. The summed E-state index contributed by atoms with van der Waals surface area (Å²) < 4.78 is 18.5. The monoisotopic (exact) mass is 409 g/mol. The summed E-state index contributed by atoms with van der Waals surface area (Å²) in [6, 6.07) is 23.2. The molecular weight excluding hydrogens is 393 g/mol. The molecule has 0 spiro atoms. The van der Waals surface area contributed by atoms with Gasteiger partial charge in [-0.05, 0) is 47.9 Å². The number of carbonyl (C=O) groups excluding carboxylic acids is 1. The number of aromatic nitrogens is 1. The fourth-order valence-corrected chi connectivity index (χ4v) is 3.48. The van der Waals surface area contributed by atoms with Gasteiger partial charge >= 0.3 is 5.91 Å². The lowest BCUT2D eigenvalue weighted by Crippen LogP contribution is -2.16. The van der Waals surface area contributed by atoms with Gasteiger partial charge in [0.25, 0.3) is 0 Å². The van der Waals surface area contributed by atoms with Gasteiger partial charge in [-0.3, -0.25) is 4.79 Å². The van der Waals surface area contributed by atoms with Crippen LogP contribution in [0.1, 0.15) is 16.1 Å². The van der Waals surface area contributed by atoms with Crippen molar-refractivity contribution in [2.75, 3.05) is 0 Å². The molecule has 0 aliphatic carbocycles. The van der Waals surface area contributed by atoms with Crippen molar-refractivity contribution in [2.24, 2.45) is 5.10 Å². The van der Waals surface area contributed by atoms with E-state index >= 15 is 0 Å². The summed E-state index contributed by atoms with van der Waals surface area (Å²) in [4.78, 5) is 16.9. The Balaban J connectivity index is 1.63. The maximum atomic E-state index is 13.4. The van der Waals surface area contributed by atoms with Crippen LogP contribution in [-0.2, 0) is 0 Å². The third kappa shape index (κ3) is 3.67. The number of amides is 1. The molecule has 5 aromatic rings. The van der Waals surface area contributed by atoms with Gasteiger partial charge < -0.3 is 4.42 Å². The second-order valence-corrected chi connectivity index (χ2v) is 6.96. The Morgan fingerprint density at radius 2 is 1.81 bits per heavy atom. The van der Waals surface area contributed by atoms with Gasteiger partial charge in [0.1, 0.15) is 5.82 Å². The third-order valence-corrected chi connectivity index (χ3v) is 4.99. The number of nitrogens with zero attached hydrogens (tertiary/aromatic N) is 2. The van der Waals surface area contributed by atoms with Crippen LogP contribution in [0.4, 0.5) is 4.39 Å². The average molecular weight is 409 g/mol. The zero-order valence-electron chi connectivity index (χ0n) is 16.2. The Morgan fingerprint density at radius 1 is 0.968 bits per heavy atom. The van der Waals surface area contributed by atoms with Crippen molar-refractivity contribution < 1.29 is 13.6 Å². The molecule has 3 aromatic carbocycles. The number of hydrogen-bond donors (Lipinski definition) is 1. The number of rotatable bonds is 4. The molecule has 5 nitrogen and oxygen atoms in total. The molecule has 0 aliphatic rings. The highest BCUT2D eigenvalue weighted by molar-refractivity contribution is 6.11. The van der Waals surface area contributed by atoms with Crippen molar-refractivity contribution in [2.45, 2.75) is 0 Å². The molecule has 2 aromatic heterocycles. The maximum absolute atomic E-state index is 13.4. The van der Waals surface area contributed by atoms with Gasteiger partial charge in [0.2, 0.25) is 0 Å². The highest BCUT2D eigenvalue weighted by Gasteiger charge is 2.11. The zero-order valence-corrected chi connectivity index (χ0v) is 16.2. The number of furan rings is 1. The van der Waals surface area contributed by atoms with E-state index in [0.717, 1.165) is 32.8 Å². The smallest absolute Gasteiger partial charge is 0.307 e. The molecular formula is C25H16FN3O2. The molecule has 150 valence electrons. The summed E-state index contributed by atoms with van der Waals surface area (Å²) in [5.41, 5.74) is 5.51. The van der Waals surface area contributed by atoms with Crippen LogP contribution in [-0.4, -0.2) is 17.1 Å². The van der Waals surface area contributed by atoms with Crippen molar-refractivity contribution in [3.8, 4) is 11.3 Å². The number of nitrogens with one attached hydrogen (secondary N) is 1. The Morgan fingerprint density at radius 3 is 2.61 bits per heavy atom. The standard InChI is InChI=1S/C25H16FN3O2/c26-19-10-7-17(8-11-19)22-14-18(15-27-29-25(30)23-6-3-13-31-23)21-12-9-16-4-1-2-5-20(16)24(21)28-22/h1-15H,(H,29,30). The highest BCUT2D eigenvalue weighted by atomic mass is 19.1. The second kappa shape index (κ2) is 7.84. The third-order valence-electron chi connectivity index (χ3n) is 4.99. The molecule has 0 aliphatic heterocycles. The number of hydrazone groups is 1. The minimum absolute atomic E-state index is 0.176. The predicted octanol–water partition coefficient (Wildman–Crippen LogP) is 5.55. The Kier molecular flexibility index (Phi) is 4.72. The number of hydrogen-bond acceptors (Lipinski definition) is 4. The molecule has 1 N–H and O–H groups in total. The minimum atomic E-state index is -0.441. The number of halogens is 1. The highest BCUT2D eigenvalue weighted by Crippen LogP contribution is 2.29. The van der Waals surface area contributed by atoms with E-state index in [-0.39, 0.29) is 11.6 Å². The van der Waals surface area contributed by atoms with Gasteiger partial charge in [0.05, 0.1) is 23.7 Å². The van der Waals surface area contributed by atoms with Gasteiger partial charge in [0, 0.05) is 21.9 Å². The van der Waals surface area contributed by atoms with E-state index < -0.39 is 5.91 Å². The molecule has 0 radical (unpaired) electrons. The zero-order chi connectivity index (χ0) is 21.2. The van der Waals surface area contributed by atoms with Gasteiger partial charge in [0.15, 0.2) is 5.76 Å². The quantitative estimate of drug-likeness (QED) is 0.240. The van der Waals surface area contributed by atoms with Crippen LogP contribution in [0.2, 0.25) is 0 Å². The van der Waals surface area contributed by atoms with Gasteiger partial charge in [-0.15, -0.1) is 0 Å². The number of carbonyl (C=O) groups is 1. The number of fused-ring (bicyclic) bond motifs is 3. The summed E-state index contributed by atoms with van der Waals surface area (Å²) >= 11 is 0. The van der Waals surface area contributed by atoms with E-state index in [1.807, 2.05) is 42.5 Å². The summed E-state index contributed by atoms with van der Waals surface area (Å²) in [7, 11) is 0. The minimum Gasteiger partial charge on any atom is -0.459 e. The van der Waals surface area contributed by atoms with Gasteiger partial charge in [-0.25, -0.2) is 14.8 Å². The lowest BCUT2D eigenvalue weighted by Gasteiger charge is -2.10. The SMILES string of the molecule is O=C(NN=Cc1cc(-c2ccc(F)cc2)nc2c1ccc1ccccc12)c1ccco1. The molecule has 6 heteroatoms. The van der Waals surface area contributed by atoms with Gasteiger partial charge in [-0.2, -0.15) is 5.10 Å². The van der Waals surface area contributed by atoms with Crippen LogP contribution in [0.3, 0.4) is 0 Å². The van der Waals surface area contributed by atoms with E-state index in [0.29, 0.717) is 5.69 Å². The van der Waals surface area contributed by atoms with Crippen LogP contribution in [0, 0.1) is 5.82 Å². The van der Waals surface area contributed by atoms with Crippen molar-refractivity contribution in [1.82, 2.24) is 10.4 Å². The van der Waals surface area contributed by atoms with Crippen molar-refractivity contribution in [1.29, 1.82) is 0 Å². The van der Waals surface area contributed by atoms with Gasteiger partial charge in [-0.1, -0.05) is 36.4 Å². The fraction of sp³-hybridized carbons (Fsp3) is 0. The van der Waals surface area contributed by atoms with Crippen LogP contribution >= 0.6 is 0 Å². The summed E-state index contributed by atoms with van der Waals surface area (Å²) in [5.74, 6) is -0.573. The van der Waals surface area contributed by atoms with Crippen LogP contribution in [0.5, 0.6) is 0 Å². The molecule has 0 fully saturated rings. The number of pyridine rings is 1. The van der Waals surface area contributed by atoms with E-state index in [9.17, 15) is 9.18 Å². The van der Waals surface area contributed by atoms with Crippen LogP contribution < -0.4 is 5.43 Å². The van der Waals surface area contributed by atoms with Crippen LogP contribution in [0.25, 0.3) is 32.9 Å². The molecule has 2 heterocycles. The molecule has 0 saturated heterocycles. The summed E-state index contributed by atoms with van der Waals surface area (Å²) in [6.07, 6.45) is 3.00. The molecule has 5 rings (SSSR count). The summed E-state index contributed by atoms with van der Waals surface area (Å²) in [6.45, 7) is 0. The van der Waals surface area contributed by atoms with Crippen molar-refractivity contribution in [3.63, 3.8) is 0 Å². The van der Waals surface area contributed by atoms with Crippen molar-refractivity contribution in [3.05, 3.63) is 102 Å². The molecule has 0 saturated carbocycles. The first-order chi connectivity index (χ1) is 15.2. The molecule has 31 heavy (non-hydrogen) atoms. The first-order valence-corrected chi connectivity index (χ1v) is 9.64. The van der Waals surface area contributed by atoms with E-state index in [1.165, 1.54) is 18.4 Å². The predicted molar refractivity (Wildman–Crippen MR) is 118 cm³/mol. The normalized spacial score (nSPS) is 11.4. The lowest BCUT2D eigenvalue weighted by molar-refractivity contribution is 0.0927. The largest absolute Gasteiger partial charge is 0.459 e. The Labute approximate surface area is 176 Å².